The monoisotopic (exact) mass is 863 g/mol. The zero-order valence-corrected chi connectivity index (χ0v) is 37.0. The number of allylic oxidation sites excluding steroid dienone is 1. The summed E-state index contributed by atoms with van der Waals surface area (Å²) < 4.78 is 45.8. The maximum Gasteiger partial charge on any atom is 0.240 e. The molecule has 2 saturated carbocycles. The number of rotatable bonds is 16. The van der Waals surface area contributed by atoms with E-state index in [-0.39, 0.29) is 49.8 Å². The van der Waals surface area contributed by atoms with Crippen molar-refractivity contribution in [2.45, 2.75) is 97.0 Å². The van der Waals surface area contributed by atoms with Crippen LogP contribution >= 0.6 is 11.3 Å². The number of likely N-dealkylation sites (tertiary alicyclic amines) is 1. The van der Waals surface area contributed by atoms with Gasteiger partial charge < -0.3 is 24.0 Å². The maximum absolute atomic E-state index is 14.9. The van der Waals surface area contributed by atoms with Crippen LogP contribution in [0.2, 0.25) is 0 Å². The van der Waals surface area contributed by atoms with E-state index in [1.165, 1.54) is 4.90 Å². The van der Waals surface area contributed by atoms with Crippen molar-refractivity contribution in [3.05, 3.63) is 47.3 Å². The third-order valence-electron chi connectivity index (χ3n) is 12.2. The first-order valence-electron chi connectivity index (χ1n) is 20.9. The van der Waals surface area contributed by atoms with Crippen LogP contribution in [-0.4, -0.2) is 109 Å². The highest BCUT2D eigenvalue weighted by Gasteiger charge is 2.61. The molecular formula is C44H57N5O9S2. The lowest BCUT2D eigenvalue weighted by Gasteiger charge is -2.36. The third kappa shape index (κ3) is 9.40. The number of methoxy groups -OCH3 is 1. The fourth-order valence-corrected chi connectivity index (χ4v) is 10.8. The molecule has 0 unspecified atom stereocenters. The first kappa shape index (κ1) is 43.7. The van der Waals surface area contributed by atoms with E-state index in [1.54, 1.807) is 29.4 Å². The van der Waals surface area contributed by atoms with Crippen LogP contribution < -0.4 is 14.2 Å². The van der Waals surface area contributed by atoms with Crippen molar-refractivity contribution in [3.63, 3.8) is 0 Å². The Labute approximate surface area is 356 Å². The van der Waals surface area contributed by atoms with Crippen molar-refractivity contribution in [2.75, 3.05) is 40.0 Å². The van der Waals surface area contributed by atoms with Gasteiger partial charge in [0.2, 0.25) is 27.7 Å². The van der Waals surface area contributed by atoms with Crippen LogP contribution in [0.5, 0.6) is 11.5 Å². The second-order valence-corrected chi connectivity index (χ2v) is 21.1. The summed E-state index contributed by atoms with van der Waals surface area (Å²) in [5.41, 5.74) is -0.0462. The molecule has 4 aliphatic rings. The first-order chi connectivity index (χ1) is 28.4. The Morgan fingerprint density at radius 2 is 1.83 bits per heavy atom. The molecule has 5 atom stereocenters. The van der Waals surface area contributed by atoms with Crippen molar-refractivity contribution in [1.29, 1.82) is 0 Å². The number of hydrogen-bond donors (Lipinski definition) is 1. The van der Waals surface area contributed by atoms with Crippen LogP contribution in [0.25, 0.3) is 22.3 Å². The zero-order chi connectivity index (χ0) is 43.1. The molecule has 7 rings (SSSR count). The number of amides is 3. The summed E-state index contributed by atoms with van der Waals surface area (Å²) in [6.07, 6.45) is 2.75. The van der Waals surface area contributed by atoms with Crippen LogP contribution in [0, 0.1) is 28.6 Å². The van der Waals surface area contributed by atoms with Gasteiger partial charge in [0.1, 0.15) is 17.6 Å². The van der Waals surface area contributed by atoms with Crippen molar-refractivity contribution in [1.82, 2.24) is 24.5 Å². The highest BCUT2D eigenvalue weighted by atomic mass is 32.2. The summed E-state index contributed by atoms with van der Waals surface area (Å²) >= 11 is 1.57. The number of pyridine rings is 1. The summed E-state index contributed by atoms with van der Waals surface area (Å²) in [4.78, 5) is 70.1. The molecule has 2 saturated heterocycles. The molecule has 1 N–H and O–H groups in total. The number of carbonyl (C=O) groups is 4. The average molecular weight is 864 g/mol. The largest absolute Gasteiger partial charge is 0.497 e. The Morgan fingerprint density at radius 3 is 2.47 bits per heavy atom. The number of ketones is 1. The van der Waals surface area contributed by atoms with Crippen molar-refractivity contribution in [3.8, 4) is 22.9 Å². The van der Waals surface area contributed by atoms with Crippen molar-refractivity contribution < 1.29 is 41.8 Å². The molecule has 60 heavy (non-hydrogen) atoms. The van der Waals surface area contributed by atoms with E-state index in [9.17, 15) is 27.6 Å². The van der Waals surface area contributed by atoms with Crippen LogP contribution in [0.4, 0.5) is 0 Å². The molecule has 324 valence electrons. The highest BCUT2D eigenvalue weighted by Crippen LogP contribution is 2.57. The Balaban J connectivity index is 1.21. The topological polar surface area (TPSA) is 174 Å². The molecule has 2 aliphatic carbocycles. The van der Waals surface area contributed by atoms with Crippen LogP contribution in [0.1, 0.15) is 78.2 Å². The van der Waals surface area contributed by atoms with Crippen molar-refractivity contribution in [2.24, 2.45) is 28.6 Å². The van der Waals surface area contributed by atoms with E-state index in [0.29, 0.717) is 78.9 Å². The number of morpholine rings is 1. The molecule has 4 heterocycles. The zero-order valence-electron chi connectivity index (χ0n) is 35.4. The summed E-state index contributed by atoms with van der Waals surface area (Å²) in [5.74, 6) is -1.27. The van der Waals surface area contributed by atoms with E-state index >= 15 is 0 Å². The van der Waals surface area contributed by atoms with Gasteiger partial charge in [0.15, 0.2) is 5.78 Å². The minimum absolute atomic E-state index is 0.0399. The van der Waals surface area contributed by atoms with E-state index < -0.39 is 56.0 Å². The predicted molar refractivity (Wildman–Crippen MR) is 228 cm³/mol. The quantitative estimate of drug-likeness (QED) is 0.178. The average Bonchev–Trinajstić information content (AvgIpc) is 4.10. The fourth-order valence-electron chi connectivity index (χ4n) is 8.40. The molecule has 0 bridgehead atoms. The number of aromatic nitrogens is 2. The molecule has 3 amide bonds. The minimum Gasteiger partial charge on any atom is -0.497 e. The predicted octanol–water partition coefficient (Wildman–Crippen LogP) is 5.58. The number of nitrogens with zero attached hydrogens (tertiary/aromatic N) is 4. The van der Waals surface area contributed by atoms with Crippen LogP contribution in [0.3, 0.4) is 0 Å². The number of nitrogens with one attached hydrogen (secondary N) is 1. The summed E-state index contributed by atoms with van der Waals surface area (Å²) in [6.45, 7) is 15.6. The van der Waals surface area contributed by atoms with Gasteiger partial charge in [0.25, 0.3) is 0 Å². The van der Waals surface area contributed by atoms with Crippen LogP contribution in [0.15, 0.2) is 42.3 Å². The lowest BCUT2D eigenvalue weighted by molar-refractivity contribution is -0.149. The van der Waals surface area contributed by atoms with Gasteiger partial charge in [-0.25, -0.2) is 18.4 Å². The summed E-state index contributed by atoms with van der Waals surface area (Å²) in [6, 6.07) is 6.33. The van der Waals surface area contributed by atoms with Crippen molar-refractivity contribution >= 4 is 55.8 Å². The number of ether oxygens (including phenoxy) is 3. The molecule has 0 radical (unpaired) electrons. The summed E-state index contributed by atoms with van der Waals surface area (Å²) in [7, 11) is -2.29. The normalized spacial score (nSPS) is 23.7. The maximum atomic E-state index is 14.9. The molecule has 1 aromatic carbocycles. The smallest absolute Gasteiger partial charge is 0.240 e. The SMILES string of the molecule is C=C[C@@H]1C[C@]1(CC(=O)[C@@H]1C[C@@H](Oc2cc(-c3csc(CC(C)C)n3)nc3cc(OC)ccc23)CN1C(=O)[C@@H](CC(=O)N1CCOCC1)C(C)(C)C)C(=O)NS(=O)(=O)C1CC1. The van der Waals surface area contributed by atoms with Gasteiger partial charge in [-0.1, -0.05) is 40.7 Å². The lowest BCUT2D eigenvalue weighted by Crippen LogP contribution is -2.50. The Hall–Kier alpha value is -4.41. The molecule has 0 spiro atoms. The lowest BCUT2D eigenvalue weighted by atomic mass is 9.77. The molecule has 4 fully saturated rings. The van der Waals surface area contributed by atoms with Gasteiger partial charge in [-0.2, -0.15) is 0 Å². The number of Topliss-reactive ketones (excluding diaryl/α,β-unsaturated/α-hetero) is 1. The Kier molecular flexibility index (Phi) is 12.5. The second kappa shape index (κ2) is 17.2. The number of benzene rings is 1. The van der Waals surface area contributed by atoms with E-state index in [4.69, 9.17) is 24.2 Å². The molecule has 2 aliphatic heterocycles. The Morgan fingerprint density at radius 1 is 1.10 bits per heavy atom. The molecule has 14 nitrogen and oxygen atoms in total. The van der Waals surface area contributed by atoms with Gasteiger partial charge in [0, 0.05) is 61.7 Å². The van der Waals surface area contributed by atoms with Gasteiger partial charge >= 0.3 is 0 Å². The van der Waals surface area contributed by atoms with E-state index in [2.05, 4.69) is 25.1 Å². The molecule has 3 aromatic rings. The van der Waals surface area contributed by atoms with E-state index in [1.807, 2.05) is 50.4 Å². The molecule has 16 heteroatoms. The van der Waals surface area contributed by atoms with Gasteiger partial charge in [-0.05, 0) is 48.6 Å². The van der Waals surface area contributed by atoms with Crippen LogP contribution in [-0.2, 0) is 40.4 Å². The van der Waals surface area contributed by atoms with Gasteiger partial charge in [-0.3, -0.25) is 23.9 Å². The molecular weight excluding hydrogens is 807 g/mol. The number of hydrogen-bond acceptors (Lipinski definition) is 12. The minimum atomic E-state index is -3.87. The molecule has 2 aromatic heterocycles. The van der Waals surface area contributed by atoms with Gasteiger partial charge in [0.05, 0.1) is 71.4 Å². The fraction of sp³-hybridized carbons (Fsp3) is 0.591. The standard InChI is InChI=1S/C44H57N5O9S2/c1-8-27-22-44(27,42(53)47-60(54,55)30-10-11-30)23-37(50)36-19-29(24-49(36)41(52)32(43(4,5)6)20-40(51)48-13-15-57-16-14-48)58-38-21-34(35-25-59-39(46-35)17-26(2)3)45-33-18-28(56-7)9-12-31(33)38/h8-9,12,18,21,25-27,29-30,32,36H,1,10-11,13-17,19-20,22-24H2,2-7H3,(H,47,53)/t27-,29-,32-,36+,44-/m1/s1. The number of thiazole rings is 1. The van der Waals surface area contributed by atoms with Gasteiger partial charge in [-0.15, -0.1) is 17.9 Å². The van der Waals surface area contributed by atoms with E-state index in [0.717, 1.165) is 11.4 Å². The number of sulfonamides is 1. The number of carbonyl (C=O) groups excluding carboxylic acids is 4. The first-order valence-corrected chi connectivity index (χ1v) is 23.3. The summed E-state index contributed by atoms with van der Waals surface area (Å²) in [5, 5.41) is 3.05. The third-order valence-corrected chi connectivity index (χ3v) is 14.9. The second-order valence-electron chi connectivity index (χ2n) is 18.2. The highest BCUT2D eigenvalue weighted by molar-refractivity contribution is 7.90. The number of fused-ring (bicyclic) bond motifs is 1. The Bertz CT molecular complexity index is 2260.